The van der Waals surface area contributed by atoms with Crippen LogP contribution in [-0.2, 0) is 0 Å². The zero-order valence-electron chi connectivity index (χ0n) is 10.5. The van der Waals surface area contributed by atoms with Crippen LogP contribution < -0.4 is 5.32 Å². The molecule has 1 aliphatic heterocycles. The normalized spacial score (nSPS) is 23.8. The molecule has 0 amide bonds. The molecule has 1 aliphatic carbocycles. The van der Waals surface area contributed by atoms with Crippen LogP contribution in [0.1, 0.15) is 50.0 Å². The third-order valence-electron chi connectivity index (χ3n) is 4.39. The summed E-state index contributed by atoms with van der Waals surface area (Å²) in [4.78, 5) is 0. The van der Waals surface area contributed by atoms with Gasteiger partial charge in [0.2, 0.25) is 0 Å². The molecule has 0 saturated heterocycles. The van der Waals surface area contributed by atoms with Crippen molar-refractivity contribution in [1.29, 1.82) is 0 Å². The number of anilines is 1. The van der Waals surface area contributed by atoms with E-state index in [1.807, 2.05) is 0 Å². The molecule has 0 aromatic heterocycles. The number of rotatable bonds is 2. The van der Waals surface area contributed by atoms with E-state index in [1.54, 1.807) is 12.1 Å². The largest absolute Gasteiger partial charge is 0.383 e. The summed E-state index contributed by atoms with van der Waals surface area (Å²) in [6, 6.07) is 3.27. The number of fused-ring (bicyclic) bond motifs is 1. The molecule has 2 aliphatic rings. The minimum absolute atomic E-state index is 0.127. The minimum Gasteiger partial charge on any atom is -0.383 e. The quantitative estimate of drug-likeness (QED) is 0.804. The van der Waals surface area contributed by atoms with Crippen LogP contribution in [0.3, 0.4) is 0 Å². The van der Waals surface area contributed by atoms with Crippen LogP contribution >= 0.6 is 15.9 Å². The van der Waals surface area contributed by atoms with Crippen molar-refractivity contribution in [1.82, 2.24) is 0 Å². The van der Waals surface area contributed by atoms with Crippen LogP contribution in [0.2, 0.25) is 0 Å². The van der Waals surface area contributed by atoms with Gasteiger partial charge in [0, 0.05) is 16.9 Å². The van der Waals surface area contributed by atoms with Gasteiger partial charge >= 0.3 is 0 Å². The van der Waals surface area contributed by atoms with E-state index in [9.17, 15) is 4.39 Å². The molecule has 0 radical (unpaired) electrons. The van der Waals surface area contributed by atoms with Crippen LogP contribution in [0, 0.1) is 11.7 Å². The van der Waals surface area contributed by atoms with E-state index in [4.69, 9.17) is 0 Å². The molecule has 1 saturated carbocycles. The molecule has 1 heterocycles. The SMILES string of the molecule is Fc1cc(Br)c2c(c1)C(CC1CCCCC1)CN2. The summed E-state index contributed by atoms with van der Waals surface area (Å²) in [5.41, 5.74) is 2.28. The second-order valence-corrected chi connectivity index (χ2v) is 6.52. The van der Waals surface area contributed by atoms with Crippen molar-refractivity contribution in [3.8, 4) is 0 Å². The molecule has 0 bridgehead atoms. The lowest BCUT2D eigenvalue weighted by atomic mass is 9.81. The van der Waals surface area contributed by atoms with Gasteiger partial charge in [0.1, 0.15) is 5.82 Å². The zero-order chi connectivity index (χ0) is 12.5. The van der Waals surface area contributed by atoms with Crippen molar-refractivity contribution in [3.63, 3.8) is 0 Å². The van der Waals surface area contributed by atoms with Gasteiger partial charge in [-0.25, -0.2) is 4.39 Å². The zero-order valence-corrected chi connectivity index (χ0v) is 12.1. The Labute approximate surface area is 116 Å². The number of hydrogen-bond donors (Lipinski definition) is 1. The van der Waals surface area contributed by atoms with Crippen molar-refractivity contribution in [3.05, 3.63) is 28.0 Å². The maximum Gasteiger partial charge on any atom is 0.124 e. The van der Waals surface area contributed by atoms with Crippen molar-refractivity contribution < 1.29 is 4.39 Å². The summed E-state index contributed by atoms with van der Waals surface area (Å²) in [6.07, 6.45) is 8.10. The predicted molar refractivity (Wildman–Crippen MR) is 76.5 cm³/mol. The second kappa shape index (κ2) is 5.20. The van der Waals surface area contributed by atoms with Gasteiger partial charge in [0.15, 0.2) is 0 Å². The maximum absolute atomic E-state index is 13.5. The van der Waals surface area contributed by atoms with E-state index in [2.05, 4.69) is 21.2 Å². The van der Waals surface area contributed by atoms with Crippen LogP contribution in [0.4, 0.5) is 10.1 Å². The first-order valence-corrected chi connectivity index (χ1v) is 7.76. The lowest BCUT2D eigenvalue weighted by Crippen LogP contribution is -2.12. The fourth-order valence-electron chi connectivity index (χ4n) is 3.47. The summed E-state index contributed by atoms with van der Waals surface area (Å²) < 4.78 is 14.4. The highest BCUT2D eigenvalue weighted by Crippen LogP contribution is 2.42. The molecule has 1 unspecified atom stereocenters. The fraction of sp³-hybridized carbons (Fsp3) is 0.600. The Kier molecular flexibility index (Phi) is 3.60. The minimum atomic E-state index is -0.127. The highest BCUT2D eigenvalue weighted by Gasteiger charge is 2.27. The number of nitrogens with one attached hydrogen (secondary N) is 1. The van der Waals surface area contributed by atoms with Crippen LogP contribution in [-0.4, -0.2) is 6.54 Å². The molecule has 1 N–H and O–H groups in total. The van der Waals surface area contributed by atoms with Crippen LogP contribution in [0.5, 0.6) is 0 Å². The molecular weight excluding hydrogens is 293 g/mol. The van der Waals surface area contributed by atoms with Gasteiger partial charge in [0.25, 0.3) is 0 Å². The third-order valence-corrected chi connectivity index (χ3v) is 5.02. The molecule has 3 rings (SSSR count). The molecule has 1 fully saturated rings. The Bertz CT molecular complexity index is 440. The van der Waals surface area contributed by atoms with Gasteiger partial charge in [-0.3, -0.25) is 0 Å². The summed E-state index contributed by atoms with van der Waals surface area (Å²) in [5, 5.41) is 3.42. The highest BCUT2D eigenvalue weighted by molar-refractivity contribution is 9.10. The van der Waals surface area contributed by atoms with Gasteiger partial charge < -0.3 is 5.32 Å². The Morgan fingerprint density at radius 1 is 1.22 bits per heavy atom. The van der Waals surface area contributed by atoms with E-state index >= 15 is 0 Å². The molecule has 98 valence electrons. The second-order valence-electron chi connectivity index (χ2n) is 5.67. The van der Waals surface area contributed by atoms with Crippen molar-refractivity contribution in [2.75, 3.05) is 11.9 Å². The van der Waals surface area contributed by atoms with Crippen molar-refractivity contribution in [2.24, 2.45) is 5.92 Å². The summed E-state index contributed by atoms with van der Waals surface area (Å²) in [6.45, 7) is 0.966. The summed E-state index contributed by atoms with van der Waals surface area (Å²) >= 11 is 3.45. The predicted octanol–water partition coefficient (Wildman–Crippen LogP) is 5.07. The first-order chi connectivity index (χ1) is 8.74. The van der Waals surface area contributed by atoms with Gasteiger partial charge in [-0.2, -0.15) is 0 Å². The van der Waals surface area contributed by atoms with E-state index in [1.165, 1.54) is 44.1 Å². The Morgan fingerprint density at radius 3 is 2.78 bits per heavy atom. The average molecular weight is 312 g/mol. The van der Waals surface area contributed by atoms with E-state index in [0.29, 0.717) is 5.92 Å². The van der Waals surface area contributed by atoms with E-state index in [0.717, 1.165) is 22.6 Å². The third kappa shape index (κ3) is 2.42. The standard InChI is InChI=1S/C15H19BrFN/c16-14-8-12(17)7-13-11(9-18-15(13)14)6-10-4-2-1-3-5-10/h7-8,10-11,18H,1-6,9H2. The lowest BCUT2D eigenvalue weighted by Gasteiger charge is -2.24. The first kappa shape index (κ1) is 12.5. The van der Waals surface area contributed by atoms with Gasteiger partial charge in [-0.1, -0.05) is 32.1 Å². The Morgan fingerprint density at radius 2 is 2.00 bits per heavy atom. The summed E-state index contributed by atoms with van der Waals surface area (Å²) in [5.74, 6) is 1.21. The number of benzene rings is 1. The monoisotopic (exact) mass is 311 g/mol. The number of hydrogen-bond acceptors (Lipinski definition) is 1. The molecule has 3 heteroatoms. The number of halogens is 2. The molecule has 1 aromatic rings. The molecule has 1 aromatic carbocycles. The molecule has 1 nitrogen and oxygen atoms in total. The van der Waals surface area contributed by atoms with Gasteiger partial charge in [-0.15, -0.1) is 0 Å². The highest BCUT2D eigenvalue weighted by atomic mass is 79.9. The summed E-state index contributed by atoms with van der Waals surface area (Å²) in [7, 11) is 0. The molecule has 18 heavy (non-hydrogen) atoms. The van der Waals surface area contributed by atoms with Crippen molar-refractivity contribution in [2.45, 2.75) is 44.4 Å². The van der Waals surface area contributed by atoms with E-state index in [-0.39, 0.29) is 5.82 Å². The Hall–Kier alpha value is -0.570. The lowest BCUT2D eigenvalue weighted by molar-refractivity contribution is 0.322. The van der Waals surface area contributed by atoms with Gasteiger partial charge in [-0.05, 0) is 46.0 Å². The molecular formula is C15H19BrFN. The van der Waals surface area contributed by atoms with Crippen molar-refractivity contribution >= 4 is 21.6 Å². The Balaban J connectivity index is 1.77. The van der Waals surface area contributed by atoms with E-state index < -0.39 is 0 Å². The fourth-order valence-corrected chi connectivity index (χ4v) is 4.06. The van der Waals surface area contributed by atoms with Gasteiger partial charge in [0.05, 0.1) is 5.69 Å². The maximum atomic E-state index is 13.5. The average Bonchev–Trinajstić information content (AvgIpc) is 2.74. The molecule has 0 spiro atoms. The van der Waals surface area contributed by atoms with Crippen LogP contribution in [0.15, 0.2) is 16.6 Å². The smallest absolute Gasteiger partial charge is 0.124 e. The topological polar surface area (TPSA) is 12.0 Å². The molecule has 1 atom stereocenters. The first-order valence-electron chi connectivity index (χ1n) is 6.97. The van der Waals surface area contributed by atoms with Crippen LogP contribution in [0.25, 0.3) is 0 Å².